The first-order valence-corrected chi connectivity index (χ1v) is 6.44. The summed E-state index contributed by atoms with van der Waals surface area (Å²) in [5.41, 5.74) is 5.23. The standard InChI is InChI=1S/C11H15F2NOS/c1-8(5-6-14)16(15)7-9-10(12)3-2-4-11(9)13/h2-4,8H,5-7,14H2,1H3. The molecule has 0 fully saturated rings. The van der Waals surface area contributed by atoms with Gasteiger partial charge in [0, 0.05) is 21.6 Å². The molecule has 0 radical (unpaired) electrons. The Kier molecular flexibility index (Phi) is 5.02. The van der Waals surface area contributed by atoms with E-state index in [1.54, 1.807) is 6.92 Å². The van der Waals surface area contributed by atoms with Crippen molar-refractivity contribution in [3.63, 3.8) is 0 Å². The van der Waals surface area contributed by atoms with Gasteiger partial charge in [-0.3, -0.25) is 4.21 Å². The van der Waals surface area contributed by atoms with E-state index in [-0.39, 0.29) is 16.6 Å². The van der Waals surface area contributed by atoms with Gasteiger partial charge in [-0.05, 0) is 25.1 Å². The molecule has 0 amide bonds. The predicted octanol–water partition coefficient (Wildman–Crippen LogP) is 1.95. The maximum Gasteiger partial charge on any atom is 0.130 e. The minimum Gasteiger partial charge on any atom is -0.330 e. The Labute approximate surface area is 96.3 Å². The molecule has 1 aromatic rings. The van der Waals surface area contributed by atoms with Crippen LogP contribution in [-0.4, -0.2) is 16.0 Å². The van der Waals surface area contributed by atoms with Crippen molar-refractivity contribution in [1.29, 1.82) is 0 Å². The molecular formula is C11H15F2NOS. The Morgan fingerprint density at radius 3 is 2.44 bits per heavy atom. The zero-order valence-corrected chi connectivity index (χ0v) is 9.90. The summed E-state index contributed by atoms with van der Waals surface area (Å²) in [6, 6.07) is 3.63. The van der Waals surface area contributed by atoms with Crippen molar-refractivity contribution in [3.8, 4) is 0 Å². The Bertz CT molecular complexity index is 364. The third-order valence-corrected chi connectivity index (χ3v) is 4.08. The molecule has 0 aliphatic heterocycles. The molecule has 5 heteroatoms. The van der Waals surface area contributed by atoms with Gasteiger partial charge in [0.2, 0.25) is 0 Å². The van der Waals surface area contributed by atoms with Crippen LogP contribution < -0.4 is 5.73 Å². The highest BCUT2D eigenvalue weighted by Gasteiger charge is 2.16. The highest BCUT2D eigenvalue weighted by atomic mass is 32.2. The van der Waals surface area contributed by atoms with E-state index >= 15 is 0 Å². The molecule has 16 heavy (non-hydrogen) atoms. The fourth-order valence-corrected chi connectivity index (χ4v) is 2.56. The number of hydrogen-bond acceptors (Lipinski definition) is 2. The van der Waals surface area contributed by atoms with Gasteiger partial charge in [0.25, 0.3) is 0 Å². The van der Waals surface area contributed by atoms with Crippen LogP contribution in [0.25, 0.3) is 0 Å². The molecule has 0 aromatic heterocycles. The summed E-state index contributed by atoms with van der Waals surface area (Å²) in [6.45, 7) is 2.19. The van der Waals surface area contributed by atoms with E-state index in [4.69, 9.17) is 5.73 Å². The van der Waals surface area contributed by atoms with E-state index in [1.807, 2.05) is 0 Å². The lowest BCUT2D eigenvalue weighted by Gasteiger charge is -2.11. The van der Waals surface area contributed by atoms with E-state index in [1.165, 1.54) is 18.2 Å². The SMILES string of the molecule is CC(CCN)S(=O)Cc1c(F)cccc1F. The molecule has 0 spiro atoms. The van der Waals surface area contributed by atoms with Gasteiger partial charge in [-0.15, -0.1) is 0 Å². The monoisotopic (exact) mass is 247 g/mol. The largest absolute Gasteiger partial charge is 0.330 e. The van der Waals surface area contributed by atoms with Crippen molar-refractivity contribution >= 4 is 10.8 Å². The van der Waals surface area contributed by atoms with Crippen molar-refractivity contribution < 1.29 is 13.0 Å². The molecule has 2 atom stereocenters. The van der Waals surface area contributed by atoms with Crippen LogP contribution in [0.1, 0.15) is 18.9 Å². The average Bonchev–Trinajstić information content (AvgIpc) is 2.23. The summed E-state index contributed by atoms with van der Waals surface area (Å²) in [5.74, 6) is -1.39. The van der Waals surface area contributed by atoms with Crippen LogP contribution in [0.2, 0.25) is 0 Å². The number of hydrogen-bond donors (Lipinski definition) is 1. The summed E-state index contributed by atoms with van der Waals surface area (Å²) < 4.78 is 38.3. The van der Waals surface area contributed by atoms with E-state index in [0.717, 1.165) is 0 Å². The van der Waals surface area contributed by atoms with E-state index < -0.39 is 22.4 Å². The average molecular weight is 247 g/mol. The Hall–Kier alpha value is -0.810. The van der Waals surface area contributed by atoms with Gasteiger partial charge >= 0.3 is 0 Å². The van der Waals surface area contributed by atoms with Gasteiger partial charge in [-0.1, -0.05) is 13.0 Å². The zero-order chi connectivity index (χ0) is 12.1. The minimum atomic E-state index is -1.30. The second-order valence-electron chi connectivity index (χ2n) is 3.61. The Morgan fingerprint density at radius 1 is 1.38 bits per heavy atom. The smallest absolute Gasteiger partial charge is 0.130 e. The molecule has 0 saturated carbocycles. The number of rotatable bonds is 5. The third kappa shape index (κ3) is 3.35. The topological polar surface area (TPSA) is 43.1 Å². The first-order valence-electron chi connectivity index (χ1n) is 5.06. The van der Waals surface area contributed by atoms with E-state index in [0.29, 0.717) is 13.0 Å². The van der Waals surface area contributed by atoms with Crippen LogP contribution in [0.15, 0.2) is 18.2 Å². The molecule has 0 aliphatic rings. The highest BCUT2D eigenvalue weighted by molar-refractivity contribution is 7.84. The van der Waals surface area contributed by atoms with Gasteiger partial charge in [-0.25, -0.2) is 8.78 Å². The molecule has 0 saturated heterocycles. The normalized spacial score (nSPS) is 14.8. The number of benzene rings is 1. The summed E-state index contributed by atoms with van der Waals surface area (Å²) in [4.78, 5) is 0. The summed E-state index contributed by atoms with van der Waals surface area (Å²) in [5, 5.41) is -0.149. The molecule has 0 heterocycles. The molecule has 2 nitrogen and oxygen atoms in total. The maximum absolute atomic E-state index is 13.3. The highest BCUT2D eigenvalue weighted by Crippen LogP contribution is 2.16. The fraction of sp³-hybridized carbons (Fsp3) is 0.455. The molecule has 0 aliphatic carbocycles. The van der Waals surface area contributed by atoms with Crippen LogP contribution in [0.4, 0.5) is 8.78 Å². The lowest BCUT2D eigenvalue weighted by Crippen LogP contribution is -2.18. The molecule has 0 bridgehead atoms. The summed E-state index contributed by atoms with van der Waals surface area (Å²) in [6.07, 6.45) is 0.586. The first-order chi connectivity index (χ1) is 7.56. The summed E-state index contributed by atoms with van der Waals surface area (Å²) >= 11 is 0. The second kappa shape index (κ2) is 6.06. The van der Waals surface area contributed by atoms with Crippen LogP contribution in [-0.2, 0) is 16.6 Å². The van der Waals surface area contributed by atoms with E-state index in [2.05, 4.69) is 0 Å². The van der Waals surface area contributed by atoms with Gasteiger partial charge in [0.05, 0.1) is 5.75 Å². The van der Waals surface area contributed by atoms with Crippen molar-refractivity contribution in [2.75, 3.05) is 6.54 Å². The fourth-order valence-electron chi connectivity index (χ4n) is 1.32. The zero-order valence-electron chi connectivity index (χ0n) is 9.08. The molecule has 1 rings (SSSR count). The minimum absolute atomic E-state index is 0.0975. The maximum atomic E-state index is 13.3. The van der Waals surface area contributed by atoms with Crippen LogP contribution >= 0.6 is 0 Å². The quantitative estimate of drug-likeness (QED) is 0.864. The molecule has 90 valence electrons. The third-order valence-electron chi connectivity index (χ3n) is 2.37. The molecule has 1 aromatic carbocycles. The first kappa shape index (κ1) is 13.3. The van der Waals surface area contributed by atoms with E-state index in [9.17, 15) is 13.0 Å². The molecule has 2 unspecified atom stereocenters. The lowest BCUT2D eigenvalue weighted by atomic mass is 10.2. The molecule has 2 N–H and O–H groups in total. The number of nitrogens with two attached hydrogens (primary N) is 1. The van der Waals surface area contributed by atoms with Crippen molar-refractivity contribution in [1.82, 2.24) is 0 Å². The lowest BCUT2D eigenvalue weighted by molar-refractivity contribution is 0.563. The van der Waals surface area contributed by atoms with Crippen molar-refractivity contribution in [2.24, 2.45) is 5.73 Å². The molecular weight excluding hydrogens is 232 g/mol. The van der Waals surface area contributed by atoms with Crippen LogP contribution in [0.5, 0.6) is 0 Å². The second-order valence-corrected chi connectivity index (χ2v) is 5.47. The Balaban J connectivity index is 2.77. The Morgan fingerprint density at radius 2 is 1.94 bits per heavy atom. The van der Waals surface area contributed by atoms with Crippen LogP contribution in [0, 0.1) is 11.6 Å². The van der Waals surface area contributed by atoms with Gasteiger partial charge in [0.1, 0.15) is 11.6 Å². The van der Waals surface area contributed by atoms with Crippen molar-refractivity contribution in [2.45, 2.75) is 24.3 Å². The number of halogens is 2. The van der Waals surface area contributed by atoms with Gasteiger partial charge in [0.15, 0.2) is 0 Å². The van der Waals surface area contributed by atoms with Gasteiger partial charge in [-0.2, -0.15) is 0 Å². The van der Waals surface area contributed by atoms with Gasteiger partial charge < -0.3 is 5.73 Å². The predicted molar refractivity (Wildman–Crippen MR) is 61.3 cm³/mol. The van der Waals surface area contributed by atoms with Crippen LogP contribution in [0.3, 0.4) is 0 Å². The van der Waals surface area contributed by atoms with Crippen molar-refractivity contribution in [3.05, 3.63) is 35.4 Å². The summed E-state index contributed by atoms with van der Waals surface area (Å²) in [7, 11) is -1.30.